The normalized spacial score (nSPS) is 10.4. The number of carbonyl (C=O) groups excluding carboxylic acids is 1. The van der Waals surface area contributed by atoms with Gasteiger partial charge < -0.3 is 10.6 Å². The number of amides is 1. The van der Waals surface area contributed by atoms with Crippen LogP contribution in [0.5, 0.6) is 0 Å². The Morgan fingerprint density at radius 1 is 1.26 bits per heavy atom. The predicted molar refractivity (Wildman–Crippen MR) is 111 cm³/mol. The molecule has 0 fully saturated rings. The molecule has 0 atom stereocenters. The van der Waals surface area contributed by atoms with Crippen LogP contribution in [0.15, 0.2) is 41.8 Å². The zero-order chi connectivity index (χ0) is 18.4. The molecule has 0 aliphatic rings. The third-order valence-corrected chi connectivity index (χ3v) is 5.02. The number of nitrogens with zero attached hydrogens (tertiary/aromatic N) is 3. The number of hydrogen-bond acceptors (Lipinski definition) is 5. The Balaban J connectivity index is 0.00000261. The molecule has 144 valence electrons. The first-order valence-electron chi connectivity index (χ1n) is 8.67. The lowest BCUT2D eigenvalue weighted by molar-refractivity contribution is 0.0788. The van der Waals surface area contributed by atoms with Gasteiger partial charge in [-0.1, -0.05) is 30.3 Å². The maximum absolute atomic E-state index is 12.4. The minimum Gasteiger partial charge on any atom is -0.340 e. The van der Waals surface area contributed by atoms with E-state index >= 15 is 0 Å². The number of H-pyrrole nitrogens is 1. The zero-order valence-electron chi connectivity index (χ0n) is 15.2. The minimum absolute atomic E-state index is 0. The van der Waals surface area contributed by atoms with E-state index in [2.05, 4.69) is 21.2 Å². The number of nitrogens with one attached hydrogen (secondary N) is 1. The SMILES string of the molecule is CN(CCCc1cc(-c2ccccc2)n[nH]1)C(=O)c1csc(CCN)n1.Cl. The maximum atomic E-state index is 12.4. The predicted octanol–water partition coefficient (Wildman–Crippen LogP) is 3.16. The quantitative estimate of drug-likeness (QED) is 0.602. The molecule has 3 aromatic rings. The molecule has 2 aromatic heterocycles. The highest BCUT2D eigenvalue weighted by molar-refractivity contribution is 7.09. The number of benzene rings is 1. The second-order valence-corrected chi connectivity index (χ2v) is 7.08. The fourth-order valence-electron chi connectivity index (χ4n) is 2.70. The molecule has 1 aromatic carbocycles. The largest absolute Gasteiger partial charge is 0.340 e. The van der Waals surface area contributed by atoms with Crippen molar-refractivity contribution in [2.45, 2.75) is 19.3 Å². The summed E-state index contributed by atoms with van der Waals surface area (Å²) >= 11 is 1.49. The van der Waals surface area contributed by atoms with Crippen LogP contribution in [0.4, 0.5) is 0 Å². The van der Waals surface area contributed by atoms with Crippen LogP contribution in [0.25, 0.3) is 11.3 Å². The number of aryl methyl sites for hydroxylation is 1. The number of nitrogens with two attached hydrogens (primary N) is 1. The van der Waals surface area contributed by atoms with Crippen LogP contribution in [0.3, 0.4) is 0 Å². The molecular formula is C19H24ClN5OS. The van der Waals surface area contributed by atoms with Crippen molar-refractivity contribution in [1.82, 2.24) is 20.1 Å². The monoisotopic (exact) mass is 405 g/mol. The summed E-state index contributed by atoms with van der Waals surface area (Å²) in [7, 11) is 1.81. The van der Waals surface area contributed by atoms with E-state index in [4.69, 9.17) is 5.73 Å². The lowest BCUT2D eigenvalue weighted by atomic mass is 10.1. The van der Waals surface area contributed by atoms with E-state index < -0.39 is 0 Å². The van der Waals surface area contributed by atoms with E-state index in [1.165, 1.54) is 11.3 Å². The van der Waals surface area contributed by atoms with Crippen molar-refractivity contribution < 1.29 is 4.79 Å². The van der Waals surface area contributed by atoms with Gasteiger partial charge in [0, 0.05) is 36.7 Å². The van der Waals surface area contributed by atoms with Crippen LogP contribution in [0.2, 0.25) is 0 Å². The number of carbonyl (C=O) groups is 1. The van der Waals surface area contributed by atoms with Gasteiger partial charge >= 0.3 is 0 Å². The van der Waals surface area contributed by atoms with Crippen LogP contribution in [0, 0.1) is 0 Å². The zero-order valence-corrected chi connectivity index (χ0v) is 16.9. The molecule has 0 unspecified atom stereocenters. The Labute approximate surface area is 169 Å². The summed E-state index contributed by atoms with van der Waals surface area (Å²) in [6.07, 6.45) is 2.41. The molecule has 0 saturated carbocycles. The summed E-state index contributed by atoms with van der Waals surface area (Å²) in [5.41, 5.74) is 9.15. The van der Waals surface area contributed by atoms with Gasteiger partial charge in [0.1, 0.15) is 5.69 Å². The Kier molecular flexibility index (Phi) is 7.97. The summed E-state index contributed by atoms with van der Waals surface area (Å²) in [4.78, 5) is 18.5. The molecule has 0 radical (unpaired) electrons. The highest BCUT2D eigenvalue weighted by Crippen LogP contribution is 2.17. The van der Waals surface area contributed by atoms with E-state index in [1.807, 2.05) is 42.8 Å². The van der Waals surface area contributed by atoms with Gasteiger partial charge in [-0.15, -0.1) is 23.7 Å². The molecule has 0 aliphatic heterocycles. The summed E-state index contributed by atoms with van der Waals surface area (Å²) in [5, 5.41) is 10.2. The summed E-state index contributed by atoms with van der Waals surface area (Å²) in [5.74, 6) is -0.0425. The standard InChI is InChI=1S/C19H23N5OS.ClH/c1-24(19(25)17-13-26-18(21-17)9-10-20)11-5-8-15-12-16(23-22-15)14-6-3-2-4-7-14;/h2-4,6-7,12-13H,5,8-11,20H2,1H3,(H,22,23);1H. The van der Waals surface area contributed by atoms with Crippen LogP contribution >= 0.6 is 23.7 Å². The van der Waals surface area contributed by atoms with Gasteiger partial charge in [0.2, 0.25) is 0 Å². The number of aromatic amines is 1. The first kappa shape index (κ1) is 21.1. The van der Waals surface area contributed by atoms with Gasteiger partial charge in [0.15, 0.2) is 0 Å². The molecule has 3 N–H and O–H groups in total. The number of hydrogen-bond donors (Lipinski definition) is 2. The van der Waals surface area contributed by atoms with E-state index in [0.717, 1.165) is 34.8 Å². The van der Waals surface area contributed by atoms with Crippen molar-refractivity contribution in [3.05, 3.63) is 58.2 Å². The van der Waals surface area contributed by atoms with Gasteiger partial charge in [-0.25, -0.2) is 4.98 Å². The van der Waals surface area contributed by atoms with Crippen molar-refractivity contribution in [1.29, 1.82) is 0 Å². The number of halogens is 1. The van der Waals surface area contributed by atoms with Gasteiger partial charge in [-0.2, -0.15) is 5.10 Å². The molecule has 2 heterocycles. The molecule has 0 spiro atoms. The highest BCUT2D eigenvalue weighted by atomic mass is 35.5. The second-order valence-electron chi connectivity index (χ2n) is 6.14. The van der Waals surface area contributed by atoms with E-state index in [-0.39, 0.29) is 18.3 Å². The number of thiazole rings is 1. The average molecular weight is 406 g/mol. The molecular weight excluding hydrogens is 382 g/mol. The van der Waals surface area contributed by atoms with E-state index in [1.54, 1.807) is 4.90 Å². The Hall–Kier alpha value is -2.22. The number of aromatic nitrogens is 3. The third kappa shape index (κ3) is 5.63. The van der Waals surface area contributed by atoms with Crippen LogP contribution in [-0.2, 0) is 12.8 Å². The number of rotatable bonds is 8. The van der Waals surface area contributed by atoms with Gasteiger partial charge in [0.25, 0.3) is 5.91 Å². The average Bonchev–Trinajstić information content (AvgIpc) is 3.32. The van der Waals surface area contributed by atoms with Crippen LogP contribution in [-0.4, -0.2) is 46.1 Å². The summed E-state index contributed by atoms with van der Waals surface area (Å²) < 4.78 is 0. The van der Waals surface area contributed by atoms with Crippen molar-refractivity contribution in [3.8, 4) is 11.3 Å². The van der Waals surface area contributed by atoms with Crippen molar-refractivity contribution in [2.75, 3.05) is 20.1 Å². The Morgan fingerprint density at radius 2 is 2.04 bits per heavy atom. The molecule has 0 aliphatic carbocycles. The highest BCUT2D eigenvalue weighted by Gasteiger charge is 2.15. The van der Waals surface area contributed by atoms with Gasteiger partial charge in [0.05, 0.1) is 10.7 Å². The van der Waals surface area contributed by atoms with E-state index in [9.17, 15) is 4.79 Å². The first-order chi connectivity index (χ1) is 12.7. The van der Waals surface area contributed by atoms with Gasteiger partial charge in [-0.3, -0.25) is 9.89 Å². The molecule has 8 heteroatoms. The van der Waals surface area contributed by atoms with Crippen molar-refractivity contribution in [3.63, 3.8) is 0 Å². The molecule has 27 heavy (non-hydrogen) atoms. The second kappa shape index (κ2) is 10.2. The lowest BCUT2D eigenvalue weighted by Crippen LogP contribution is -2.28. The van der Waals surface area contributed by atoms with Gasteiger partial charge in [-0.05, 0) is 25.5 Å². The van der Waals surface area contributed by atoms with Crippen molar-refractivity contribution in [2.24, 2.45) is 5.73 Å². The Bertz CT molecular complexity index is 849. The Morgan fingerprint density at radius 3 is 2.78 bits per heavy atom. The first-order valence-corrected chi connectivity index (χ1v) is 9.55. The van der Waals surface area contributed by atoms with Crippen LogP contribution < -0.4 is 5.73 Å². The van der Waals surface area contributed by atoms with Crippen molar-refractivity contribution >= 4 is 29.7 Å². The molecule has 3 rings (SSSR count). The fraction of sp³-hybridized carbons (Fsp3) is 0.316. The smallest absolute Gasteiger partial charge is 0.273 e. The molecule has 1 amide bonds. The fourth-order valence-corrected chi connectivity index (χ4v) is 3.49. The third-order valence-electron chi connectivity index (χ3n) is 4.12. The molecule has 6 nitrogen and oxygen atoms in total. The topological polar surface area (TPSA) is 87.9 Å². The lowest BCUT2D eigenvalue weighted by Gasteiger charge is -2.15. The maximum Gasteiger partial charge on any atom is 0.273 e. The molecule has 0 bridgehead atoms. The van der Waals surface area contributed by atoms with E-state index in [0.29, 0.717) is 25.2 Å². The summed E-state index contributed by atoms with van der Waals surface area (Å²) in [6, 6.07) is 12.1. The minimum atomic E-state index is -0.0425. The van der Waals surface area contributed by atoms with Crippen LogP contribution in [0.1, 0.15) is 27.6 Å². The summed E-state index contributed by atoms with van der Waals surface area (Å²) in [6.45, 7) is 1.22. The molecule has 0 saturated heterocycles.